The Balaban J connectivity index is 1.89. The van der Waals surface area contributed by atoms with Crippen LogP contribution in [0.4, 0.5) is 5.82 Å². The highest BCUT2D eigenvalue weighted by Crippen LogP contribution is 2.27. The molecule has 1 fully saturated rings. The van der Waals surface area contributed by atoms with E-state index < -0.39 is 0 Å². The molecule has 1 aromatic heterocycles. The minimum absolute atomic E-state index is 0.117. The van der Waals surface area contributed by atoms with Gasteiger partial charge in [-0.05, 0) is 47.2 Å². The fourth-order valence-electron chi connectivity index (χ4n) is 2.02. The Hall–Kier alpha value is -0.320. The minimum atomic E-state index is -0.117. The normalized spacial score (nSPS) is 24.7. The van der Waals surface area contributed by atoms with E-state index in [-0.39, 0.29) is 6.10 Å². The van der Waals surface area contributed by atoms with Gasteiger partial charge in [0.15, 0.2) is 0 Å². The number of anilines is 1. The van der Waals surface area contributed by atoms with Gasteiger partial charge >= 0.3 is 0 Å². The molecule has 2 N–H and O–H groups in total. The van der Waals surface area contributed by atoms with E-state index in [4.69, 9.17) is 11.6 Å². The number of hydrogen-bond donors (Lipinski definition) is 2. The molecule has 0 aliphatic heterocycles. The molecule has 1 aliphatic rings. The standard InChI is InChI=1S/C11H14BrClN2O/c12-10-4-8(13)6-15-11(10)14-5-7-1-2-9(16)3-7/h4,6-7,9,16H,1-3,5H2,(H,14,15)/t7-,9+/m1/s1. The zero-order chi connectivity index (χ0) is 11.5. The molecule has 2 atom stereocenters. The molecule has 0 bridgehead atoms. The van der Waals surface area contributed by atoms with Crippen LogP contribution in [-0.2, 0) is 0 Å². The summed E-state index contributed by atoms with van der Waals surface area (Å²) in [4.78, 5) is 4.21. The molecule has 1 aliphatic carbocycles. The van der Waals surface area contributed by atoms with Gasteiger partial charge in [0.25, 0.3) is 0 Å². The number of hydrogen-bond acceptors (Lipinski definition) is 3. The van der Waals surface area contributed by atoms with Crippen LogP contribution in [0.5, 0.6) is 0 Å². The molecule has 0 radical (unpaired) electrons. The van der Waals surface area contributed by atoms with Crippen molar-refractivity contribution in [2.75, 3.05) is 11.9 Å². The number of halogens is 2. The Bertz CT molecular complexity index is 375. The maximum Gasteiger partial charge on any atom is 0.140 e. The predicted molar refractivity (Wildman–Crippen MR) is 68.8 cm³/mol. The molecule has 1 heterocycles. The van der Waals surface area contributed by atoms with Gasteiger partial charge in [-0.1, -0.05) is 11.6 Å². The maximum absolute atomic E-state index is 9.42. The van der Waals surface area contributed by atoms with Crippen LogP contribution in [0.3, 0.4) is 0 Å². The quantitative estimate of drug-likeness (QED) is 0.902. The third kappa shape index (κ3) is 3.09. The van der Waals surface area contributed by atoms with Crippen LogP contribution in [0.2, 0.25) is 5.02 Å². The average molecular weight is 306 g/mol. The Labute approximate surface area is 108 Å². The van der Waals surface area contributed by atoms with E-state index in [0.717, 1.165) is 36.1 Å². The van der Waals surface area contributed by atoms with Gasteiger partial charge in [-0.15, -0.1) is 0 Å². The van der Waals surface area contributed by atoms with Crippen molar-refractivity contribution < 1.29 is 5.11 Å². The van der Waals surface area contributed by atoms with Crippen molar-refractivity contribution in [2.24, 2.45) is 5.92 Å². The second-order valence-corrected chi connectivity index (χ2v) is 5.49. The second kappa shape index (κ2) is 5.34. The lowest BCUT2D eigenvalue weighted by Gasteiger charge is -2.12. The summed E-state index contributed by atoms with van der Waals surface area (Å²) in [7, 11) is 0. The Morgan fingerprint density at radius 2 is 2.38 bits per heavy atom. The number of nitrogens with one attached hydrogen (secondary N) is 1. The average Bonchev–Trinajstić information content (AvgIpc) is 2.63. The van der Waals surface area contributed by atoms with Crippen LogP contribution in [0.25, 0.3) is 0 Å². The van der Waals surface area contributed by atoms with Gasteiger partial charge in [-0.2, -0.15) is 0 Å². The Morgan fingerprint density at radius 3 is 3.00 bits per heavy atom. The van der Waals surface area contributed by atoms with Crippen LogP contribution < -0.4 is 5.32 Å². The summed E-state index contributed by atoms with van der Waals surface area (Å²) in [5.74, 6) is 1.35. The van der Waals surface area contributed by atoms with Gasteiger partial charge in [-0.3, -0.25) is 0 Å². The molecule has 2 rings (SSSR count). The van der Waals surface area contributed by atoms with Gasteiger partial charge in [0.05, 0.1) is 15.6 Å². The molecular weight excluding hydrogens is 291 g/mol. The molecule has 88 valence electrons. The molecule has 16 heavy (non-hydrogen) atoms. The number of pyridine rings is 1. The summed E-state index contributed by atoms with van der Waals surface area (Å²) in [6.07, 6.45) is 4.39. The monoisotopic (exact) mass is 304 g/mol. The van der Waals surface area contributed by atoms with E-state index in [2.05, 4.69) is 26.2 Å². The third-order valence-electron chi connectivity index (χ3n) is 2.88. The molecule has 0 aromatic carbocycles. The van der Waals surface area contributed by atoms with Crippen LogP contribution in [0.15, 0.2) is 16.7 Å². The molecule has 3 nitrogen and oxygen atoms in total. The highest BCUT2D eigenvalue weighted by atomic mass is 79.9. The molecular formula is C11H14BrClN2O. The molecule has 5 heteroatoms. The Morgan fingerprint density at radius 1 is 1.56 bits per heavy atom. The number of aromatic nitrogens is 1. The first kappa shape index (κ1) is 12.1. The van der Waals surface area contributed by atoms with E-state index in [1.165, 1.54) is 0 Å². The summed E-state index contributed by atoms with van der Waals surface area (Å²) in [6.45, 7) is 0.851. The Kier molecular flexibility index (Phi) is 4.05. The topological polar surface area (TPSA) is 45.1 Å². The van der Waals surface area contributed by atoms with Crippen LogP contribution >= 0.6 is 27.5 Å². The van der Waals surface area contributed by atoms with Crippen molar-refractivity contribution in [1.29, 1.82) is 0 Å². The summed E-state index contributed by atoms with van der Waals surface area (Å²) < 4.78 is 0.874. The molecule has 0 unspecified atom stereocenters. The van der Waals surface area contributed by atoms with Crippen molar-refractivity contribution in [3.05, 3.63) is 21.8 Å². The van der Waals surface area contributed by atoms with Crippen molar-refractivity contribution >= 4 is 33.3 Å². The molecule has 0 spiro atoms. The lowest BCUT2D eigenvalue weighted by atomic mass is 10.1. The summed E-state index contributed by atoms with van der Waals surface area (Å²) in [6, 6.07) is 1.82. The lowest BCUT2D eigenvalue weighted by molar-refractivity contribution is 0.178. The van der Waals surface area contributed by atoms with E-state index in [0.29, 0.717) is 10.9 Å². The van der Waals surface area contributed by atoms with Crippen molar-refractivity contribution in [2.45, 2.75) is 25.4 Å². The highest BCUT2D eigenvalue weighted by molar-refractivity contribution is 9.10. The smallest absolute Gasteiger partial charge is 0.140 e. The number of rotatable bonds is 3. The number of aliphatic hydroxyl groups excluding tert-OH is 1. The van der Waals surface area contributed by atoms with E-state index in [1.807, 2.05) is 6.07 Å². The van der Waals surface area contributed by atoms with Crippen LogP contribution in [0.1, 0.15) is 19.3 Å². The van der Waals surface area contributed by atoms with E-state index in [1.54, 1.807) is 6.20 Å². The molecule has 1 saturated carbocycles. The zero-order valence-electron chi connectivity index (χ0n) is 8.79. The van der Waals surface area contributed by atoms with Gasteiger partial charge in [0, 0.05) is 12.7 Å². The van der Waals surface area contributed by atoms with Crippen LogP contribution in [0, 0.1) is 5.92 Å². The summed E-state index contributed by atoms with van der Waals surface area (Å²) in [5, 5.41) is 13.3. The summed E-state index contributed by atoms with van der Waals surface area (Å²) in [5.41, 5.74) is 0. The largest absolute Gasteiger partial charge is 0.393 e. The van der Waals surface area contributed by atoms with E-state index >= 15 is 0 Å². The maximum atomic E-state index is 9.42. The van der Waals surface area contributed by atoms with Crippen molar-refractivity contribution in [3.8, 4) is 0 Å². The van der Waals surface area contributed by atoms with Crippen molar-refractivity contribution in [3.63, 3.8) is 0 Å². The summed E-state index contributed by atoms with van der Waals surface area (Å²) >= 11 is 9.22. The highest BCUT2D eigenvalue weighted by Gasteiger charge is 2.22. The number of aliphatic hydroxyl groups is 1. The van der Waals surface area contributed by atoms with Gasteiger partial charge in [0.1, 0.15) is 5.82 Å². The van der Waals surface area contributed by atoms with Gasteiger partial charge in [-0.25, -0.2) is 4.98 Å². The van der Waals surface area contributed by atoms with Crippen LogP contribution in [-0.4, -0.2) is 22.7 Å². The molecule has 1 aromatic rings. The van der Waals surface area contributed by atoms with Crippen molar-refractivity contribution in [1.82, 2.24) is 4.98 Å². The molecule has 0 amide bonds. The lowest BCUT2D eigenvalue weighted by Crippen LogP contribution is -2.13. The minimum Gasteiger partial charge on any atom is -0.393 e. The zero-order valence-corrected chi connectivity index (χ0v) is 11.1. The van der Waals surface area contributed by atoms with Gasteiger partial charge < -0.3 is 10.4 Å². The fourth-order valence-corrected chi connectivity index (χ4v) is 2.80. The SMILES string of the molecule is O[C@H]1CC[C@@H](CNc2ncc(Cl)cc2Br)C1. The predicted octanol–water partition coefficient (Wildman–Crippen LogP) is 3.07. The third-order valence-corrected chi connectivity index (χ3v) is 3.69. The number of nitrogens with zero attached hydrogens (tertiary/aromatic N) is 1. The second-order valence-electron chi connectivity index (χ2n) is 4.20. The molecule has 0 saturated heterocycles. The first-order chi connectivity index (χ1) is 7.65. The fraction of sp³-hybridized carbons (Fsp3) is 0.545. The first-order valence-corrected chi connectivity index (χ1v) is 6.55. The first-order valence-electron chi connectivity index (χ1n) is 5.38. The van der Waals surface area contributed by atoms with Gasteiger partial charge in [0.2, 0.25) is 0 Å². The van der Waals surface area contributed by atoms with E-state index in [9.17, 15) is 5.11 Å².